The summed E-state index contributed by atoms with van der Waals surface area (Å²) in [5.41, 5.74) is 2.04. The number of ether oxygens (including phenoxy) is 1. The van der Waals surface area contributed by atoms with E-state index in [2.05, 4.69) is 45.1 Å². The van der Waals surface area contributed by atoms with Crippen LogP contribution in [0, 0.1) is 0 Å². The van der Waals surface area contributed by atoms with Crippen molar-refractivity contribution in [3.05, 3.63) is 48.3 Å². The summed E-state index contributed by atoms with van der Waals surface area (Å²) < 4.78 is 7.43. The number of carbonyl (C=O) groups excluding carboxylic acids is 1. The van der Waals surface area contributed by atoms with E-state index in [1.54, 1.807) is 7.11 Å². The average Bonchev–Trinajstić information content (AvgIpc) is 3.02. The van der Waals surface area contributed by atoms with Gasteiger partial charge in [-0.3, -0.25) is 14.6 Å². The molecule has 2 heterocycles. The van der Waals surface area contributed by atoms with Gasteiger partial charge in [0.25, 0.3) is 0 Å². The number of benzene rings is 1. The van der Waals surface area contributed by atoms with Crippen LogP contribution in [0.2, 0.25) is 0 Å². The predicted octanol–water partition coefficient (Wildman–Crippen LogP) is 1.79. The first kappa shape index (κ1) is 17.5. The minimum absolute atomic E-state index is 0.000356. The fraction of sp³-hybridized carbons (Fsp3) is 0.421. The van der Waals surface area contributed by atoms with Crippen LogP contribution in [0.25, 0.3) is 0 Å². The Kier molecular flexibility index (Phi) is 5.73. The van der Waals surface area contributed by atoms with Gasteiger partial charge in [0.2, 0.25) is 5.91 Å². The molecule has 6 nitrogen and oxygen atoms in total. The van der Waals surface area contributed by atoms with Crippen molar-refractivity contribution >= 4 is 11.6 Å². The lowest BCUT2D eigenvalue weighted by molar-refractivity contribution is -0.117. The molecule has 1 N–H and O–H groups in total. The van der Waals surface area contributed by atoms with Gasteiger partial charge >= 0.3 is 0 Å². The lowest BCUT2D eigenvalue weighted by Crippen LogP contribution is -2.48. The van der Waals surface area contributed by atoms with E-state index in [1.807, 2.05) is 24.3 Å². The maximum absolute atomic E-state index is 12.3. The second-order valence-corrected chi connectivity index (χ2v) is 6.41. The number of nitrogens with one attached hydrogen (secondary N) is 1. The topological polar surface area (TPSA) is 49.7 Å². The Bertz CT molecular complexity index is 705. The predicted molar refractivity (Wildman–Crippen MR) is 98.8 cm³/mol. The van der Waals surface area contributed by atoms with E-state index in [-0.39, 0.29) is 5.91 Å². The molecule has 0 spiro atoms. The number of nitrogens with zero attached hydrogens (tertiary/aromatic N) is 3. The van der Waals surface area contributed by atoms with E-state index in [0.717, 1.165) is 38.4 Å². The molecule has 25 heavy (non-hydrogen) atoms. The minimum Gasteiger partial charge on any atom is -0.495 e. The van der Waals surface area contributed by atoms with Gasteiger partial charge in [-0.2, -0.15) is 0 Å². The minimum atomic E-state index is 0.000356. The molecule has 0 atom stereocenters. The molecule has 0 unspecified atom stereocenters. The van der Waals surface area contributed by atoms with Gasteiger partial charge in [0.05, 0.1) is 19.3 Å². The fourth-order valence-corrected chi connectivity index (χ4v) is 3.14. The van der Waals surface area contributed by atoms with Crippen molar-refractivity contribution in [3.8, 4) is 5.75 Å². The number of aromatic nitrogens is 1. The second kappa shape index (κ2) is 8.18. The summed E-state index contributed by atoms with van der Waals surface area (Å²) in [4.78, 5) is 16.9. The molecule has 3 rings (SSSR count). The molecule has 1 aromatic heterocycles. The molecule has 0 bridgehead atoms. The summed E-state index contributed by atoms with van der Waals surface area (Å²) in [5.74, 6) is 0.684. The number of hydrogen-bond acceptors (Lipinski definition) is 4. The third kappa shape index (κ3) is 4.61. The molecular weight excluding hydrogens is 316 g/mol. The number of anilines is 1. The molecule has 2 aromatic rings. The summed E-state index contributed by atoms with van der Waals surface area (Å²) in [5, 5.41) is 2.94. The first-order chi connectivity index (χ1) is 12.2. The van der Waals surface area contributed by atoms with Gasteiger partial charge in [-0.15, -0.1) is 0 Å². The number of amides is 1. The normalized spacial score (nSPS) is 15.9. The van der Waals surface area contributed by atoms with Crippen molar-refractivity contribution < 1.29 is 9.53 Å². The highest BCUT2D eigenvalue weighted by atomic mass is 16.5. The number of methoxy groups -OCH3 is 1. The monoisotopic (exact) mass is 342 g/mol. The molecule has 0 saturated carbocycles. The quantitative estimate of drug-likeness (QED) is 0.870. The van der Waals surface area contributed by atoms with Gasteiger partial charge in [0.1, 0.15) is 5.75 Å². The zero-order valence-corrected chi connectivity index (χ0v) is 14.9. The molecule has 1 aliphatic heterocycles. The molecule has 0 radical (unpaired) electrons. The molecule has 1 aromatic carbocycles. The van der Waals surface area contributed by atoms with Crippen LogP contribution in [0.3, 0.4) is 0 Å². The molecule has 1 fully saturated rings. The highest BCUT2D eigenvalue weighted by Gasteiger charge is 2.20. The van der Waals surface area contributed by atoms with E-state index in [4.69, 9.17) is 4.74 Å². The van der Waals surface area contributed by atoms with Crippen molar-refractivity contribution in [2.75, 3.05) is 45.2 Å². The third-order valence-electron chi connectivity index (χ3n) is 4.65. The van der Waals surface area contributed by atoms with Crippen LogP contribution in [0.1, 0.15) is 5.69 Å². The largest absolute Gasteiger partial charge is 0.495 e. The van der Waals surface area contributed by atoms with Crippen LogP contribution >= 0.6 is 0 Å². The van der Waals surface area contributed by atoms with E-state index >= 15 is 0 Å². The van der Waals surface area contributed by atoms with Crippen LogP contribution < -0.4 is 10.1 Å². The van der Waals surface area contributed by atoms with Gasteiger partial charge in [0, 0.05) is 51.7 Å². The molecule has 1 aliphatic rings. The number of rotatable bonds is 6. The first-order valence-electron chi connectivity index (χ1n) is 8.63. The molecule has 134 valence electrons. The van der Waals surface area contributed by atoms with E-state index in [1.165, 1.54) is 5.69 Å². The Labute approximate surface area is 149 Å². The Morgan fingerprint density at radius 1 is 1.08 bits per heavy atom. The lowest BCUT2D eigenvalue weighted by atomic mass is 10.2. The van der Waals surface area contributed by atoms with Crippen molar-refractivity contribution in [2.24, 2.45) is 7.05 Å². The van der Waals surface area contributed by atoms with Gasteiger partial charge < -0.3 is 14.6 Å². The zero-order chi connectivity index (χ0) is 17.6. The van der Waals surface area contributed by atoms with Crippen LogP contribution in [0.5, 0.6) is 5.75 Å². The highest BCUT2D eigenvalue weighted by molar-refractivity contribution is 5.93. The zero-order valence-electron chi connectivity index (χ0n) is 14.9. The Morgan fingerprint density at radius 2 is 1.80 bits per heavy atom. The van der Waals surface area contributed by atoms with Crippen molar-refractivity contribution in [3.63, 3.8) is 0 Å². The fourth-order valence-electron chi connectivity index (χ4n) is 3.14. The van der Waals surface area contributed by atoms with Crippen molar-refractivity contribution in [1.82, 2.24) is 14.4 Å². The number of piperazine rings is 1. The van der Waals surface area contributed by atoms with Gasteiger partial charge in [0.15, 0.2) is 0 Å². The highest BCUT2D eigenvalue weighted by Crippen LogP contribution is 2.22. The molecule has 6 heteroatoms. The van der Waals surface area contributed by atoms with E-state index in [0.29, 0.717) is 12.3 Å². The second-order valence-electron chi connectivity index (χ2n) is 6.41. The molecule has 0 aliphatic carbocycles. The van der Waals surface area contributed by atoms with Crippen LogP contribution in [-0.4, -0.2) is 60.1 Å². The lowest BCUT2D eigenvalue weighted by Gasteiger charge is -2.34. The number of hydrogen-bond donors (Lipinski definition) is 1. The summed E-state index contributed by atoms with van der Waals surface area (Å²) in [6, 6.07) is 11.7. The number of aryl methyl sites for hydroxylation is 1. The maximum atomic E-state index is 12.3. The van der Waals surface area contributed by atoms with Crippen LogP contribution in [-0.2, 0) is 18.4 Å². The summed E-state index contributed by atoms with van der Waals surface area (Å²) in [6.07, 6.45) is 2.08. The average molecular weight is 342 g/mol. The van der Waals surface area contributed by atoms with E-state index in [9.17, 15) is 4.79 Å². The van der Waals surface area contributed by atoms with Gasteiger partial charge in [-0.25, -0.2) is 0 Å². The first-order valence-corrected chi connectivity index (χ1v) is 8.63. The number of para-hydroxylation sites is 2. The standard InChI is InChI=1S/C19H26N4O2/c1-21-9-5-6-16(21)14-22-10-12-23(13-11-22)15-19(24)20-17-7-3-4-8-18(17)25-2/h3-9H,10-15H2,1-2H3,(H,20,24). The third-order valence-corrected chi connectivity index (χ3v) is 4.65. The van der Waals surface area contributed by atoms with Gasteiger partial charge in [-0.05, 0) is 24.3 Å². The van der Waals surface area contributed by atoms with Crippen LogP contribution in [0.4, 0.5) is 5.69 Å². The summed E-state index contributed by atoms with van der Waals surface area (Å²) >= 11 is 0. The van der Waals surface area contributed by atoms with Crippen molar-refractivity contribution in [1.29, 1.82) is 0 Å². The SMILES string of the molecule is COc1ccccc1NC(=O)CN1CCN(Cc2cccn2C)CC1. The Morgan fingerprint density at radius 3 is 2.48 bits per heavy atom. The number of carbonyl (C=O) groups is 1. The molecular formula is C19H26N4O2. The van der Waals surface area contributed by atoms with Crippen molar-refractivity contribution in [2.45, 2.75) is 6.54 Å². The Hall–Kier alpha value is -2.31. The summed E-state index contributed by atoms with van der Waals surface area (Å²) in [7, 11) is 3.69. The molecule has 1 amide bonds. The maximum Gasteiger partial charge on any atom is 0.238 e. The molecule has 1 saturated heterocycles. The summed E-state index contributed by atoms with van der Waals surface area (Å²) in [6.45, 7) is 5.15. The van der Waals surface area contributed by atoms with E-state index < -0.39 is 0 Å². The smallest absolute Gasteiger partial charge is 0.238 e. The van der Waals surface area contributed by atoms with Gasteiger partial charge in [-0.1, -0.05) is 12.1 Å². The Balaban J connectivity index is 1.45. The van der Waals surface area contributed by atoms with Crippen LogP contribution in [0.15, 0.2) is 42.6 Å².